The van der Waals surface area contributed by atoms with Gasteiger partial charge in [0.15, 0.2) is 0 Å². The number of amides is 1. The molecule has 0 aliphatic rings. The van der Waals surface area contributed by atoms with Gasteiger partial charge in [-0.05, 0) is 55.5 Å². The number of methoxy groups -OCH3 is 1. The topological polar surface area (TPSA) is 84.5 Å². The predicted octanol–water partition coefficient (Wildman–Crippen LogP) is 4.71. The minimum atomic E-state index is -3.90. The summed E-state index contributed by atoms with van der Waals surface area (Å²) in [4.78, 5) is 12.5. The summed E-state index contributed by atoms with van der Waals surface area (Å²) in [5, 5.41) is 3.11. The maximum atomic E-state index is 12.8. The molecule has 0 spiro atoms. The summed E-state index contributed by atoms with van der Waals surface area (Å²) < 4.78 is 33.2. The van der Waals surface area contributed by atoms with Gasteiger partial charge < -0.3 is 10.1 Å². The number of benzene rings is 3. The molecule has 0 unspecified atom stereocenters. The van der Waals surface area contributed by atoms with E-state index in [9.17, 15) is 13.2 Å². The predicted molar refractivity (Wildman–Crippen MR) is 114 cm³/mol. The summed E-state index contributed by atoms with van der Waals surface area (Å²) in [6.07, 6.45) is 0. The monoisotopic (exact) mass is 430 g/mol. The Morgan fingerprint density at radius 1 is 1.00 bits per heavy atom. The molecule has 0 saturated carbocycles. The van der Waals surface area contributed by atoms with E-state index < -0.39 is 10.0 Å². The molecule has 0 radical (unpaired) electrons. The lowest BCUT2D eigenvalue weighted by Gasteiger charge is -2.14. The van der Waals surface area contributed by atoms with Crippen LogP contribution in [0.4, 0.5) is 11.4 Å². The maximum Gasteiger partial charge on any atom is 0.261 e. The summed E-state index contributed by atoms with van der Waals surface area (Å²) >= 11 is 5.91. The van der Waals surface area contributed by atoms with Crippen LogP contribution in [0.25, 0.3) is 0 Å². The zero-order valence-electron chi connectivity index (χ0n) is 15.8. The second-order valence-corrected chi connectivity index (χ2v) is 8.42. The quantitative estimate of drug-likeness (QED) is 0.593. The van der Waals surface area contributed by atoms with Gasteiger partial charge in [-0.1, -0.05) is 35.4 Å². The van der Waals surface area contributed by atoms with Crippen molar-refractivity contribution >= 4 is 38.9 Å². The Morgan fingerprint density at radius 2 is 1.72 bits per heavy atom. The second-order valence-electron chi connectivity index (χ2n) is 6.30. The smallest absolute Gasteiger partial charge is 0.261 e. The van der Waals surface area contributed by atoms with Gasteiger partial charge in [0, 0.05) is 10.6 Å². The second kappa shape index (κ2) is 8.55. The number of aryl methyl sites for hydroxylation is 1. The van der Waals surface area contributed by atoms with Gasteiger partial charge in [0.2, 0.25) is 0 Å². The third-order valence-corrected chi connectivity index (χ3v) is 5.73. The molecule has 150 valence electrons. The summed E-state index contributed by atoms with van der Waals surface area (Å²) in [6.45, 7) is 1.92. The number of sulfonamides is 1. The first-order valence-corrected chi connectivity index (χ1v) is 10.5. The molecule has 0 aliphatic heterocycles. The lowest BCUT2D eigenvalue weighted by atomic mass is 10.1. The number of anilines is 2. The zero-order chi connectivity index (χ0) is 21.0. The third kappa shape index (κ3) is 5.07. The van der Waals surface area contributed by atoms with Crippen molar-refractivity contribution in [3.8, 4) is 5.75 Å². The fourth-order valence-electron chi connectivity index (χ4n) is 2.62. The molecule has 0 fully saturated rings. The number of hydrogen-bond acceptors (Lipinski definition) is 4. The van der Waals surface area contributed by atoms with Gasteiger partial charge in [-0.25, -0.2) is 8.42 Å². The van der Waals surface area contributed by atoms with Crippen molar-refractivity contribution in [1.29, 1.82) is 0 Å². The average molecular weight is 431 g/mol. The van der Waals surface area contributed by atoms with Crippen molar-refractivity contribution in [1.82, 2.24) is 0 Å². The SMILES string of the molecule is COc1ccc(S(=O)(=O)Nc2cccc(Cl)c2)cc1NC(=O)c1ccc(C)cc1. The Labute approximate surface area is 174 Å². The van der Waals surface area contributed by atoms with E-state index in [1.165, 1.54) is 31.4 Å². The average Bonchev–Trinajstić information content (AvgIpc) is 2.68. The minimum absolute atomic E-state index is 0.0301. The molecule has 6 nitrogen and oxygen atoms in total. The summed E-state index contributed by atoms with van der Waals surface area (Å²) in [5.74, 6) is -0.0344. The molecule has 0 saturated heterocycles. The third-order valence-electron chi connectivity index (χ3n) is 4.12. The van der Waals surface area contributed by atoms with E-state index in [1.54, 1.807) is 30.3 Å². The van der Waals surface area contributed by atoms with Crippen molar-refractivity contribution in [2.45, 2.75) is 11.8 Å². The molecule has 1 amide bonds. The van der Waals surface area contributed by atoms with Crippen LogP contribution in [0.1, 0.15) is 15.9 Å². The Kier molecular flexibility index (Phi) is 6.10. The van der Waals surface area contributed by atoms with Crippen molar-refractivity contribution < 1.29 is 17.9 Å². The summed E-state index contributed by atoms with van der Waals surface area (Å²) in [6, 6.07) is 17.6. The number of carbonyl (C=O) groups is 1. The van der Waals surface area contributed by atoms with Crippen LogP contribution in [0.2, 0.25) is 5.02 Å². The minimum Gasteiger partial charge on any atom is -0.495 e. The highest BCUT2D eigenvalue weighted by atomic mass is 35.5. The van der Waals surface area contributed by atoms with Crippen molar-refractivity contribution in [3.63, 3.8) is 0 Å². The fourth-order valence-corrected chi connectivity index (χ4v) is 3.88. The summed E-state index contributed by atoms with van der Waals surface area (Å²) in [7, 11) is -2.46. The van der Waals surface area contributed by atoms with E-state index in [1.807, 2.05) is 19.1 Å². The van der Waals surface area contributed by atoms with Crippen molar-refractivity contribution in [3.05, 3.63) is 82.9 Å². The number of ether oxygens (including phenoxy) is 1. The molecule has 8 heteroatoms. The first kappa shape index (κ1) is 20.7. The van der Waals surface area contributed by atoms with Crippen molar-refractivity contribution in [2.24, 2.45) is 0 Å². The molecule has 0 aromatic heterocycles. The van der Waals surface area contributed by atoms with Gasteiger partial charge >= 0.3 is 0 Å². The van der Waals surface area contributed by atoms with E-state index >= 15 is 0 Å². The van der Waals surface area contributed by atoms with E-state index in [0.717, 1.165) is 5.56 Å². The highest BCUT2D eigenvalue weighted by molar-refractivity contribution is 7.92. The molecule has 0 bridgehead atoms. The fraction of sp³-hybridized carbons (Fsp3) is 0.0952. The van der Waals surface area contributed by atoms with Gasteiger partial charge in [-0.15, -0.1) is 0 Å². The molecule has 3 aromatic rings. The van der Waals surface area contributed by atoms with Crippen LogP contribution >= 0.6 is 11.6 Å². The molecule has 29 heavy (non-hydrogen) atoms. The largest absolute Gasteiger partial charge is 0.495 e. The lowest BCUT2D eigenvalue weighted by molar-refractivity contribution is 0.102. The lowest BCUT2D eigenvalue weighted by Crippen LogP contribution is -2.15. The van der Waals surface area contributed by atoms with E-state index in [4.69, 9.17) is 16.3 Å². The Morgan fingerprint density at radius 3 is 2.38 bits per heavy atom. The van der Waals surface area contributed by atoms with Gasteiger partial charge in [0.1, 0.15) is 5.75 Å². The number of carbonyl (C=O) groups excluding carboxylic acids is 1. The van der Waals surface area contributed by atoms with Gasteiger partial charge in [0.05, 0.1) is 23.4 Å². The molecule has 3 aromatic carbocycles. The van der Waals surface area contributed by atoms with Gasteiger partial charge in [-0.3, -0.25) is 9.52 Å². The van der Waals surface area contributed by atoms with Crippen LogP contribution in [0.3, 0.4) is 0 Å². The molecule has 0 aliphatic carbocycles. The standard InChI is InChI=1S/C21H19ClN2O4S/c1-14-6-8-15(9-7-14)21(25)23-19-13-18(10-11-20(19)28-2)29(26,27)24-17-5-3-4-16(22)12-17/h3-13,24H,1-2H3,(H,23,25). The van der Waals surface area contributed by atoms with Gasteiger partial charge in [-0.2, -0.15) is 0 Å². The number of rotatable bonds is 6. The van der Waals surface area contributed by atoms with Gasteiger partial charge in [0.25, 0.3) is 15.9 Å². The normalized spacial score (nSPS) is 11.0. The van der Waals surface area contributed by atoms with Crippen LogP contribution < -0.4 is 14.8 Å². The maximum absolute atomic E-state index is 12.8. The van der Waals surface area contributed by atoms with Crippen LogP contribution in [0.15, 0.2) is 71.6 Å². The summed E-state index contributed by atoms with van der Waals surface area (Å²) in [5.41, 5.74) is 2.05. The molecule has 0 heterocycles. The first-order valence-electron chi connectivity index (χ1n) is 8.63. The first-order chi connectivity index (χ1) is 13.8. The molecule has 0 atom stereocenters. The van der Waals surface area contributed by atoms with Crippen LogP contribution in [-0.4, -0.2) is 21.4 Å². The molecular weight excluding hydrogens is 412 g/mol. The van der Waals surface area contributed by atoms with E-state index in [2.05, 4.69) is 10.0 Å². The van der Waals surface area contributed by atoms with Crippen LogP contribution in [0, 0.1) is 6.92 Å². The number of nitrogens with one attached hydrogen (secondary N) is 2. The highest BCUT2D eigenvalue weighted by Gasteiger charge is 2.18. The molecule has 3 rings (SSSR count). The zero-order valence-corrected chi connectivity index (χ0v) is 17.3. The highest BCUT2D eigenvalue weighted by Crippen LogP contribution is 2.29. The number of hydrogen-bond donors (Lipinski definition) is 2. The van der Waals surface area contributed by atoms with Crippen molar-refractivity contribution in [2.75, 3.05) is 17.1 Å². The van der Waals surface area contributed by atoms with E-state index in [0.29, 0.717) is 22.0 Å². The number of halogens is 1. The molecule has 2 N–H and O–H groups in total. The Bertz CT molecular complexity index is 1150. The van der Waals surface area contributed by atoms with Crippen LogP contribution in [0.5, 0.6) is 5.75 Å². The Hall–Kier alpha value is -3.03. The van der Waals surface area contributed by atoms with Crippen LogP contribution in [-0.2, 0) is 10.0 Å². The van der Waals surface area contributed by atoms with E-state index in [-0.39, 0.29) is 16.5 Å². The molecular formula is C21H19ClN2O4S. The Balaban J connectivity index is 1.89.